The second-order valence-corrected chi connectivity index (χ2v) is 12.5. The van der Waals surface area contributed by atoms with E-state index in [-0.39, 0.29) is 0 Å². The lowest BCUT2D eigenvalue weighted by molar-refractivity contribution is 0.308. The zero-order valence-electron chi connectivity index (χ0n) is 21.6. The monoisotopic (exact) mass is 472 g/mol. The molecule has 2 aromatic carbocycles. The van der Waals surface area contributed by atoms with E-state index in [0.717, 1.165) is 69.4 Å². The molecule has 186 valence electrons. The average molecular weight is 473 g/mol. The van der Waals surface area contributed by atoms with Gasteiger partial charge in [0, 0.05) is 80.5 Å². The van der Waals surface area contributed by atoms with E-state index in [0.29, 0.717) is 11.3 Å². The Morgan fingerprint density at radius 2 is 1.51 bits per heavy atom. The molecule has 4 aliphatic heterocycles. The van der Waals surface area contributed by atoms with Gasteiger partial charge in [0.2, 0.25) is 0 Å². The molecule has 0 radical (unpaired) electrons. The fourth-order valence-corrected chi connectivity index (χ4v) is 7.62. The van der Waals surface area contributed by atoms with Crippen LogP contribution in [-0.2, 0) is 25.9 Å². The van der Waals surface area contributed by atoms with Crippen LogP contribution >= 0.6 is 0 Å². The summed E-state index contributed by atoms with van der Waals surface area (Å²) in [7, 11) is 4.46. The van der Waals surface area contributed by atoms with Crippen molar-refractivity contribution in [1.82, 2.24) is 9.80 Å². The third-order valence-electron chi connectivity index (χ3n) is 9.59. The van der Waals surface area contributed by atoms with Crippen molar-refractivity contribution in [3.05, 3.63) is 46.0 Å². The number of nitrogens with two attached hydrogens (primary N) is 2. The maximum absolute atomic E-state index is 6.87. The van der Waals surface area contributed by atoms with Crippen molar-refractivity contribution in [3.8, 4) is 0 Å². The van der Waals surface area contributed by atoms with Crippen LogP contribution in [0.4, 0.5) is 22.7 Å². The molecule has 4 N–H and O–H groups in total. The Morgan fingerprint density at radius 1 is 0.829 bits per heavy atom. The van der Waals surface area contributed by atoms with E-state index in [1.807, 2.05) is 0 Å². The van der Waals surface area contributed by atoms with Crippen LogP contribution in [0.2, 0.25) is 0 Å². The number of nitrogen functional groups attached to an aromatic ring is 2. The maximum Gasteiger partial charge on any atom is 0.0423 e. The fourth-order valence-electron chi connectivity index (χ4n) is 7.62. The molecule has 7 rings (SSSR count). The maximum atomic E-state index is 6.87. The quantitative estimate of drug-likeness (QED) is 0.669. The Kier molecular flexibility index (Phi) is 4.69. The first-order chi connectivity index (χ1) is 16.8. The van der Waals surface area contributed by atoms with Crippen LogP contribution in [0.15, 0.2) is 18.2 Å². The molecular formula is C29H40N6. The van der Waals surface area contributed by atoms with Crippen molar-refractivity contribution in [2.75, 3.05) is 74.6 Å². The first-order valence-electron chi connectivity index (χ1n) is 13.5. The number of anilines is 4. The Morgan fingerprint density at radius 3 is 2.26 bits per heavy atom. The minimum absolute atomic E-state index is 0.396. The average Bonchev–Trinajstić information content (AvgIpc) is 3.49. The van der Waals surface area contributed by atoms with Crippen molar-refractivity contribution >= 4 is 22.7 Å². The van der Waals surface area contributed by atoms with Crippen LogP contribution in [0, 0.1) is 11.3 Å². The molecule has 5 aliphatic rings. The van der Waals surface area contributed by atoms with Crippen LogP contribution in [-0.4, -0.2) is 63.2 Å². The Labute approximate surface area is 209 Å². The highest BCUT2D eigenvalue weighted by atomic mass is 15.2. The van der Waals surface area contributed by atoms with Crippen molar-refractivity contribution in [2.45, 2.75) is 45.2 Å². The largest absolute Gasteiger partial charge is 0.399 e. The molecule has 3 fully saturated rings. The zero-order chi connectivity index (χ0) is 24.1. The van der Waals surface area contributed by atoms with Crippen molar-refractivity contribution in [1.29, 1.82) is 0 Å². The van der Waals surface area contributed by atoms with Gasteiger partial charge >= 0.3 is 0 Å². The number of hydrogen-bond acceptors (Lipinski definition) is 6. The minimum Gasteiger partial charge on any atom is -0.399 e. The van der Waals surface area contributed by atoms with E-state index >= 15 is 0 Å². The summed E-state index contributed by atoms with van der Waals surface area (Å²) in [5.41, 5.74) is 25.9. The van der Waals surface area contributed by atoms with E-state index in [1.165, 1.54) is 47.6 Å². The van der Waals surface area contributed by atoms with Gasteiger partial charge in [0.05, 0.1) is 0 Å². The first-order valence-corrected chi connectivity index (χ1v) is 13.5. The topological polar surface area (TPSA) is 65.0 Å². The number of likely N-dealkylation sites (N-methyl/N-ethyl adjacent to an activating group) is 2. The SMILES string of the molecule is CC1CN(c2cc(N)c(C3CC34CN(c3cc(N)cc5c3CCN(C)C5)C4)c3c2CCN(C)C3)C1. The van der Waals surface area contributed by atoms with Gasteiger partial charge in [0.15, 0.2) is 0 Å². The first kappa shape index (κ1) is 21.8. The number of hydrogen-bond donors (Lipinski definition) is 2. The highest BCUT2D eigenvalue weighted by molar-refractivity contribution is 5.73. The summed E-state index contributed by atoms with van der Waals surface area (Å²) in [4.78, 5) is 10.0. The summed E-state index contributed by atoms with van der Waals surface area (Å²) < 4.78 is 0. The van der Waals surface area contributed by atoms with E-state index in [9.17, 15) is 0 Å². The summed E-state index contributed by atoms with van der Waals surface area (Å²) in [5.74, 6) is 1.40. The van der Waals surface area contributed by atoms with Gasteiger partial charge in [-0.05, 0) is 91.2 Å². The highest BCUT2D eigenvalue weighted by Gasteiger charge is 2.63. The normalized spacial score (nSPS) is 25.7. The van der Waals surface area contributed by atoms with Gasteiger partial charge in [-0.15, -0.1) is 0 Å². The molecule has 6 nitrogen and oxygen atoms in total. The molecule has 1 aliphatic carbocycles. The highest BCUT2D eigenvalue weighted by Crippen LogP contribution is 2.67. The molecule has 1 atom stereocenters. The molecule has 1 saturated carbocycles. The van der Waals surface area contributed by atoms with Gasteiger partial charge in [0.25, 0.3) is 0 Å². The zero-order valence-corrected chi connectivity index (χ0v) is 21.6. The van der Waals surface area contributed by atoms with E-state index < -0.39 is 0 Å². The van der Waals surface area contributed by atoms with Gasteiger partial charge in [-0.2, -0.15) is 0 Å². The molecule has 2 saturated heterocycles. The smallest absolute Gasteiger partial charge is 0.0423 e. The Hall–Kier alpha value is -2.44. The molecule has 1 unspecified atom stereocenters. The van der Waals surface area contributed by atoms with Crippen LogP contribution in [0.5, 0.6) is 0 Å². The van der Waals surface area contributed by atoms with Gasteiger partial charge in [-0.3, -0.25) is 0 Å². The molecule has 0 bridgehead atoms. The lowest BCUT2D eigenvalue weighted by atomic mass is 9.83. The number of benzene rings is 2. The second-order valence-electron chi connectivity index (χ2n) is 12.5. The van der Waals surface area contributed by atoms with Gasteiger partial charge in [0.1, 0.15) is 0 Å². The van der Waals surface area contributed by atoms with Crippen molar-refractivity contribution in [2.24, 2.45) is 11.3 Å². The number of fused-ring (bicyclic) bond motifs is 2. The van der Waals surface area contributed by atoms with Crippen LogP contribution in [0.3, 0.4) is 0 Å². The number of nitrogens with zero attached hydrogens (tertiary/aromatic N) is 4. The lowest BCUT2D eigenvalue weighted by Gasteiger charge is -2.45. The standard InChI is InChI=1S/C29H40N6/c1-18-12-34(13-18)27-10-25(31)28(23-15-33(3)7-5-22(23)27)24-11-29(24)16-35(17-29)26-9-20(30)8-19-14-32(2)6-4-21(19)26/h8-10,18,24H,4-7,11-17,30-31H2,1-3H3. The third kappa shape index (κ3) is 3.36. The molecule has 6 heteroatoms. The van der Waals surface area contributed by atoms with E-state index in [1.54, 1.807) is 11.1 Å². The molecule has 35 heavy (non-hydrogen) atoms. The lowest BCUT2D eigenvalue weighted by Crippen LogP contribution is -2.50. The molecule has 2 aromatic rings. The summed E-state index contributed by atoms with van der Waals surface area (Å²) in [6.07, 6.45) is 3.55. The predicted octanol–water partition coefficient (Wildman–Crippen LogP) is 3.28. The second kappa shape index (κ2) is 7.53. The summed E-state index contributed by atoms with van der Waals surface area (Å²) in [6, 6.07) is 6.74. The predicted molar refractivity (Wildman–Crippen MR) is 145 cm³/mol. The van der Waals surface area contributed by atoms with E-state index in [4.69, 9.17) is 11.5 Å². The summed E-state index contributed by atoms with van der Waals surface area (Å²) in [6.45, 7) is 11.3. The van der Waals surface area contributed by atoms with Gasteiger partial charge in [-0.25, -0.2) is 0 Å². The Bertz CT molecular complexity index is 1190. The molecule has 0 amide bonds. The van der Waals surface area contributed by atoms with Gasteiger partial charge in [-0.1, -0.05) is 6.92 Å². The minimum atomic E-state index is 0.396. The molecule has 0 aromatic heterocycles. The fraction of sp³-hybridized carbons (Fsp3) is 0.586. The van der Waals surface area contributed by atoms with Crippen LogP contribution in [0.1, 0.15) is 47.1 Å². The van der Waals surface area contributed by atoms with Crippen molar-refractivity contribution in [3.63, 3.8) is 0 Å². The van der Waals surface area contributed by atoms with Crippen LogP contribution in [0.25, 0.3) is 0 Å². The molecule has 1 spiro atoms. The molecular weight excluding hydrogens is 432 g/mol. The third-order valence-corrected chi connectivity index (χ3v) is 9.59. The Balaban J connectivity index is 1.17. The van der Waals surface area contributed by atoms with E-state index in [2.05, 4.69) is 58.8 Å². The summed E-state index contributed by atoms with van der Waals surface area (Å²) in [5, 5.41) is 0. The summed E-state index contributed by atoms with van der Waals surface area (Å²) >= 11 is 0. The van der Waals surface area contributed by atoms with Gasteiger partial charge < -0.3 is 31.1 Å². The number of rotatable bonds is 3. The molecule has 4 heterocycles. The van der Waals surface area contributed by atoms with Crippen molar-refractivity contribution < 1.29 is 0 Å². The van der Waals surface area contributed by atoms with Crippen LogP contribution < -0.4 is 21.3 Å².